The van der Waals surface area contributed by atoms with Crippen molar-refractivity contribution >= 4 is 27.7 Å². The molecule has 0 aliphatic rings. The maximum absolute atomic E-state index is 5.90. The maximum atomic E-state index is 5.90. The van der Waals surface area contributed by atoms with Crippen molar-refractivity contribution in [2.24, 2.45) is 5.73 Å². The van der Waals surface area contributed by atoms with Gasteiger partial charge in [-0.3, -0.25) is 0 Å². The van der Waals surface area contributed by atoms with Crippen LogP contribution < -0.4 is 5.73 Å². The highest BCUT2D eigenvalue weighted by molar-refractivity contribution is 9.10. The predicted molar refractivity (Wildman–Crippen MR) is 69.3 cm³/mol. The SMILES string of the molecule is CCOCC(N)CSc1ccccc1Br. The van der Waals surface area contributed by atoms with E-state index in [9.17, 15) is 0 Å². The van der Waals surface area contributed by atoms with E-state index >= 15 is 0 Å². The second-order valence-corrected chi connectivity index (χ2v) is 5.08. The van der Waals surface area contributed by atoms with Crippen LogP contribution in [0.3, 0.4) is 0 Å². The lowest BCUT2D eigenvalue weighted by molar-refractivity contribution is 0.138. The molecule has 1 aromatic carbocycles. The quantitative estimate of drug-likeness (QED) is 0.818. The van der Waals surface area contributed by atoms with Gasteiger partial charge >= 0.3 is 0 Å². The molecule has 0 spiro atoms. The minimum Gasteiger partial charge on any atom is -0.380 e. The van der Waals surface area contributed by atoms with Gasteiger partial charge in [-0.1, -0.05) is 12.1 Å². The molecule has 0 aliphatic carbocycles. The van der Waals surface area contributed by atoms with Crippen LogP contribution in [0.4, 0.5) is 0 Å². The first kappa shape index (κ1) is 13.0. The third-order valence-corrected chi connectivity index (χ3v) is 4.04. The van der Waals surface area contributed by atoms with Gasteiger partial charge in [0.05, 0.1) is 6.61 Å². The standard InChI is InChI=1S/C11H16BrNOS/c1-2-14-7-9(13)8-15-11-6-4-3-5-10(11)12/h3-6,9H,2,7-8,13H2,1H3. The summed E-state index contributed by atoms with van der Waals surface area (Å²) in [5.41, 5.74) is 5.90. The van der Waals surface area contributed by atoms with E-state index in [1.807, 2.05) is 25.1 Å². The van der Waals surface area contributed by atoms with Crippen LogP contribution in [-0.4, -0.2) is 25.0 Å². The normalized spacial score (nSPS) is 12.7. The summed E-state index contributed by atoms with van der Waals surface area (Å²) in [6.07, 6.45) is 0. The molecule has 0 bridgehead atoms. The Morgan fingerprint density at radius 2 is 2.20 bits per heavy atom. The average Bonchev–Trinajstić information content (AvgIpc) is 2.25. The minimum atomic E-state index is 0.0991. The summed E-state index contributed by atoms with van der Waals surface area (Å²) < 4.78 is 6.39. The maximum Gasteiger partial charge on any atom is 0.0625 e. The number of nitrogens with two attached hydrogens (primary N) is 1. The average molecular weight is 290 g/mol. The highest BCUT2D eigenvalue weighted by Crippen LogP contribution is 2.27. The van der Waals surface area contributed by atoms with Gasteiger partial charge < -0.3 is 10.5 Å². The second-order valence-electron chi connectivity index (χ2n) is 3.16. The lowest BCUT2D eigenvalue weighted by Gasteiger charge is -2.11. The molecule has 2 N–H and O–H groups in total. The highest BCUT2D eigenvalue weighted by atomic mass is 79.9. The van der Waals surface area contributed by atoms with Gasteiger partial charge in [-0.15, -0.1) is 11.8 Å². The minimum absolute atomic E-state index is 0.0991. The third-order valence-electron chi connectivity index (χ3n) is 1.83. The number of rotatable bonds is 6. The van der Waals surface area contributed by atoms with Crippen LogP contribution in [0.25, 0.3) is 0 Å². The van der Waals surface area contributed by atoms with Crippen molar-refractivity contribution in [3.05, 3.63) is 28.7 Å². The topological polar surface area (TPSA) is 35.2 Å². The fraction of sp³-hybridized carbons (Fsp3) is 0.455. The fourth-order valence-corrected chi connectivity index (χ4v) is 2.57. The van der Waals surface area contributed by atoms with Crippen molar-refractivity contribution in [1.29, 1.82) is 0 Å². The van der Waals surface area contributed by atoms with Crippen LogP contribution in [-0.2, 0) is 4.74 Å². The summed E-state index contributed by atoms with van der Waals surface area (Å²) in [6, 6.07) is 8.26. The number of thioether (sulfide) groups is 1. The highest BCUT2D eigenvalue weighted by Gasteiger charge is 2.05. The van der Waals surface area contributed by atoms with E-state index < -0.39 is 0 Å². The zero-order valence-electron chi connectivity index (χ0n) is 8.78. The summed E-state index contributed by atoms with van der Waals surface area (Å²) in [5, 5.41) is 0. The van der Waals surface area contributed by atoms with Gasteiger partial charge in [-0.05, 0) is 35.0 Å². The number of hydrogen-bond acceptors (Lipinski definition) is 3. The molecule has 0 aliphatic heterocycles. The molecular formula is C11H16BrNOS. The molecular weight excluding hydrogens is 274 g/mol. The van der Waals surface area contributed by atoms with Gasteiger partial charge in [0.2, 0.25) is 0 Å². The van der Waals surface area contributed by atoms with Crippen molar-refractivity contribution in [3.8, 4) is 0 Å². The lowest BCUT2D eigenvalue weighted by atomic mass is 10.4. The summed E-state index contributed by atoms with van der Waals surface area (Å²) in [6.45, 7) is 3.34. The molecule has 84 valence electrons. The predicted octanol–water partition coefficient (Wildman–Crippen LogP) is 2.91. The van der Waals surface area contributed by atoms with Crippen LogP contribution in [0.1, 0.15) is 6.92 Å². The second kappa shape index (κ2) is 7.28. The Labute approximate surface area is 104 Å². The Morgan fingerprint density at radius 3 is 2.87 bits per heavy atom. The molecule has 15 heavy (non-hydrogen) atoms. The zero-order valence-corrected chi connectivity index (χ0v) is 11.2. The van der Waals surface area contributed by atoms with Crippen LogP contribution >= 0.6 is 27.7 Å². The molecule has 0 heterocycles. The van der Waals surface area contributed by atoms with Gasteiger partial charge in [-0.25, -0.2) is 0 Å². The molecule has 4 heteroatoms. The number of halogens is 1. The molecule has 1 rings (SSSR count). The zero-order chi connectivity index (χ0) is 11.1. The van der Waals surface area contributed by atoms with E-state index in [1.165, 1.54) is 4.90 Å². The Kier molecular flexibility index (Phi) is 6.32. The van der Waals surface area contributed by atoms with Gasteiger partial charge in [0.25, 0.3) is 0 Å². The molecule has 1 atom stereocenters. The van der Waals surface area contributed by atoms with E-state index in [4.69, 9.17) is 10.5 Å². The first-order valence-corrected chi connectivity index (χ1v) is 6.72. The number of benzene rings is 1. The Balaban J connectivity index is 2.33. The van der Waals surface area contributed by atoms with Crippen molar-refractivity contribution in [2.45, 2.75) is 17.9 Å². The molecule has 0 saturated heterocycles. The third kappa shape index (κ3) is 5.02. The molecule has 0 radical (unpaired) electrons. The van der Waals surface area contributed by atoms with Gasteiger partial charge in [-0.2, -0.15) is 0 Å². The van der Waals surface area contributed by atoms with Crippen molar-refractivity contribution in [2.75, 3.05) is 19.0 Å². The molecule has 0 fully saturated rings. The number of hydrogen-bond donors (Lipinski definition) is 1. The van der Waals surface area contributed by atoms with Crippen molar-refractivity contribution in [1.82, 2.24) is 0 Å². The summed E-state index contributed by atoms with van der Waals surface area (Å²) >= 11 is 5.26. The molecule has 1 unspecified atom stereocenters. The smallest absolute Gasteiger partial charge is 0.0625 e. The van der Waals surface area contributed by atoms with E-state index in [2.05, 4.69) is 22.0 Å². The first-order valence-electron chi connectivity index (χ1n) is 4.94. The van der Waals surface area contributed by atoms with Crippen LogP contribution in [0.2, 0.25) is 0 Å². The Bertz CT molecular complexity index is 296. The van der Waals surface area contributed by atoms with E-state index in [0.717, 1.165) is 16.8 Å². The van der Waals surface area contributed by atoms with E-state index in [1.54, 1.807) is 11.8 Å². The van der Waals surface area contributed by atoms with Gasteiger partial charge in [0.15, 0.2) is 0 Å². The van der Waals surface area contributed by atoms with Crippen molar-refractivity contribution in [3.63, 3.8) is 0 Å². The van der Waals surface area contributed by atoms with Gasteiger partial charge in [0.1, 0.15) is 0 Å². The molecule has 0 saturated carbocycles. The van der Waals surface area contributed by atoms with E-state index in [-0.39, 0.29) is 6.04 Å². The monoisotopic (exact) mass is 289 g/mol. The molecule has 0 amide bonds. The van der Waals surface area contributed by atoms with Crippen LogP contribution in [0, 0.1) is 0 Å². The van der Waals surface area contributed by atoms with E-state index in [0.29, 0.717) is 6.61 Å². The first-order chi connectivity index (χ1) is 7.24. The van der Waals surface area contributed by atoms with Gasteiger partial charge in [0, 0.05) is 27.8 Å². The Morgan fingerprint density at radius 1 is 1.47 bits per heavy atom. The summed E-state index contributed by atoms with van der Waals surface area (Å²) in [5.74, 6) is 0.878. The lowest BCUT2D eigenvalue weighted by Crippen LogP contribution is -2.28. The van der Waals surface area contributed by atoms with Crippen LogP contribution in [0.15, 0.2) is 33.6 Å². The molecule has 1 aromatic rings. The molecule has 2 nitrogen and oxygen atoms in total. The largest absolute Gasteiger partial charge is 0.380 e. The number of ether oxygens (including phenoxy) is 1. The van der Waals surface area contributed by atoms with Crippen LogP contribution in [0.5, 0.6) is 0 Å². The fourth-order valence-electron chi connectivity index (χ4n) is 1.08. The molecule has 0 aromatic heterocycles. The summed E-state index contributed by atoms with van der Waals surface area (Å²) in [4.78, 5) is 1.23. The summed E-state index contributed by atoms with van der Waals surface area (Å²) in [7, 11) is 0. The van der Waals surface area contributed by atoms with Crippen molar-refractivity contribution < 1.29 is 4.74 Å². The Hall–Kier alpha value is -0.0300.